The minimum absolute atomic E-state index is 0.0968. The molecule has 1 fully saturated rings. The average molecular weight is 279 g/mol. The van der Waals surface area contributed by atoms with Gasteiger partial charge in [-0.05, 0) is 32.1 Å². The monoisotopic (exact) mass is 279 g/mol. The largest absolute Gasteiger partial charge is 0.375 e. The van der Waals surface area contributed by atoms with Crippen molar-refractivity contribution in [2.45, 2.75) is 77.6 Å². The summed E-state index contributed by atoms with van der Waals surface area (Å²) in [7, 11) is 0. The van der Waals surface area contributed by atoms with Gasteiger partial charge in [-0.15, -0.1) is 0 Å². The summed E-state index contributed by atoms with van der Waals surface area (Å²) in [4.78, 5) is 4.26. The van der Waals surface area contributed by atoms with Crippen LogP contribution in [-0.4, -0.2) is 27.8 Å². The summed E-state index contributed by atoms with van der Waals surface area (Å²) < 4.78 is 8.29. The molecule has 1 aliphatic heterocycles. The summed E-state index contributed by atoms with van der Waals surface area (Å²) in [5.41, 5.74) is 1.39. The Hall–Kier alpha value is -0.870. The quantitative estimate of drug-likeness (QED) is 0.833. The van der Waals surface area contributed by atoms with Gasteiger partial charge in [0.15, 0.2) is 0 Å². The van der Waals surface area contributed by atoms with Crippen LogP contribution in [0.1, 0.15) is 58.6 Å². The Morgan fingerprint density at radius 3 is 2.90 bits per heavy atom. The van der Waals surface area contributed by atoms with Gasteiger partial charge < -0.3 is 14.6 Å². The first-order valence-electron chi connectivity index (χ1n) is 8.09. The summed E-state index contributed by atoms with van der Waals surface area (Å²) in [6.45, 7) is 9.53. The lowest BCUT2D eigenvalue weighted by Crippen LogP contribution is -2.46. The second-order valence-corrected chi connectivity index (χ2v) is 5.89. The number of hydrogen-bond donors (Lipinski definition) is 1. The van der Waals surface area contributed by atoms with E-state index in [1.165, 1.54) is 5.69 Å². The standard InChI is InChI=1S/C16H29N3O/c1-4-8-19-13-17-11-15(19)12-18-14-7-9-20-16(5-2,6-3)10-14/h11,13-14,18H,4-10,12H2,1-3H3. The van der Waals surface area contributed by atoms with Gasteiger partial charge in [-0.3, -0.25) is 0 Å². The first-order valence-corrected chi connectivity index (χ1v) is 8.09. The molecule has 2 heterocycles. The third kappa shape index (κ3) is 3.61. The summed E-state index contributed by atoms with van der Waals surface area (Å²) >= 11 is 0. The second-order valence-electron chi connectivity index (χ2n) is 5.89. The van der Waals surface area contributed by atoms with Gasteiger partial charge in [-0.2, -0.15) is 0 Å². The predicted octanol–water partition coefficient (Wildman–Crippen LogP) is 3.12. The van der Waals surface area contributed by atoms with Gasteiger partial charge in [0.1, 0.15) is 0 Å². The van der Waals surface area contributed by atoms with Crippen molar-refractivity contribution in [3.8, 4) is 0 Å². The number of rotatable bonds is 7. The van der Waals surface area contributed by atoms with E-state index in [1.54, 1.807) is 0 Å². The van der Waals surface area contributed by atoms with Crippen LogP contribution in [0.4, 0.5) is 0 Å². The topological polar surface area (TPSA) is 39.1 Å². The van der Waals surface area contributed by atoms with E-state index in [9.17, 15) is 0 Å². The summed E-state index contributed by atoms with van der Waals surface area (Å²) in [6.07, 6.45) is 9.52. The average Bonchev–Trinajstić information content (AvgIpc) is 2.93. The third-order valence-electron chi connectivity index (χ3n) is 4.62. The molecule has 1 saturated heterocycles. The van der Waals surface area contributed by atoms with E-state index < -0.39 is 0 Å². The molecular weight excluding hydrogens is 250 g/mol. The zero-order chi connectivity index (χ0) is 14.4. The molecule has 1 aromatic rings. The molecule has 4 nitrogen and oxygen atoms in total. The molecule has 0 radical (unpaired) electrons. The molecule has 1 aliphatic rings. The summed E-state index contributed by atoms with van der Waals surface area (Å²) in [5.74, 6) is 0. The van der Waals surface area contributed by atoms with Crippen LogP contribution in [0.2, 0.25) is 0 Å². The fourth-order valence-corrected chi connectivity index (χ4v) is 3.13. The highest BCUT2D eigenvalue weighted by Gasteiger charge is 2.34. The Morgan fingerprint density at radius 1 is 1.40 bits per heavy atom. The molecule has 1 unspecified atom stereocenters. The van der Waals surface area contributed by atoms with E-state index in [1.807, 2.05) is 12.5 Å². The SMILES string of the molecule is CCCn1cncc1CNC1CCOC(CC)(CC)C1. The lowest BCUT2D eigenvalue weighted by Gasteiger charge is -2.40. The molecule has 2 rings (SSSR count). The molecule has 0 spiro atoms. The molecule has 1 aromatic heterocycles. The fourth-order valence-electron chi connectivity index (χ4n) is 3.13. The molecular formula is C16H29N3O. The first-order chi connectivity index (χ1) is 9.73. The van der Waals surface area contributed by atoms with Crippen LogP contribution in [0.15, 0.2) is 12.5 Å². The van der Waals surface area contributed by atoms with Gasteiger partial charge >= 0.3 is 0 Å². The molecule has 1 atom stereocenters. The summed E-state index contributed by atoms with van der Waals surface area (Å²) in [6, 6.07) is 0.564. The van der Waals surface area contributed by atoms with E-state index in [0.29, 0.717) is 6.04 Å². The van der Waals surface area contributed by atoms with Crippen LogP contribution in [-0.2, 0) is 17.8 Å². The van der Waals surface area contributed by atoms with Crippen molar-refractivity contribution in [1.82, 2.24) is 14.9 Å². The van der Waals surface area contributed by atoms with Crippen molar-refractivity contribution in [3.05, 3.63) is 18.2 Å². The molecule has 1 N–H and O–H groups in total. The van der Waals surface area contributed by atoms with Gasteiger partial charge in [-0.25, -0.2) is 4.98 Å². The van der Waals surface area contributed by atoms with Crippen molar-refractivity contribution in [2.75, 3.05) is 6.61 Å². The van der Waals surface area contributed by atoms with Crippen LogP contribution >= 0.6 is 0 Å². The number of imidazole rings is 1. The Morgan fingerprint density at radius 2 is 2.20 bits per heavy atom. The highest BCUT2D eigenvalue weighted by atomic mass is 16.5. The minimum atomic E-state index is 0.0968. The molecule has 20 heavy (non-hydrogen) atoms. The van der Waals surface area contributed by atoms with Crippen molar-refractivity contribution >= 4 is 0 Å². The van der Waals surface area contributed by atoms with Crippen molar-refractivity contribution < 1.29 is 4.74 Å². The van der Waals surface area contributed by atoms with Crippen LogP contribution < -0.4 is 5.32 Å². The van der Waals surface area contributed by atoms with Gasteiger partial charge in [0.05, 0.1) is 17.6 Å². The maximum absolute atomic E-state index is 6.04. The van der Waals surface area contributed by atoms with E-state index in [2.05, 4.69) is 35.6 Å². The van der Waals surface area contributed by atoms with Gasteiger partial charge in [-0.1, -0.05) is 20.8 Å². The van der Waals surface area contributed by atoms with Crippen molar-refractivity contribution in [1.29, 1.82) is 0 Å². The highest BCUT2D eigenvalue weighted by Crippen LogP contribution is 2.31. The number of aryl methyl sites for hydroxylation is 1. The van der Waals surface area contributed by atoms with Gasteiger partial charge in [0.2, 0.25) is 0 Å². The third-order valence-corrected chi connectivity index (χ3v) is 4.62. The van der Waals surface area contributed by atoms with Crippen LogP contribution in [0.25, 0.3) is 0 Å². The van der Waals surface area contributed by atoms with Crippen molar-refractivity contribution in [3.63, 3.8) is 0 Å². The summed E-state index contributed by atoms with van der Waals surface area (Å²) in [5, 5.41) is 3.71. The maximum Gasteiger partial charge on any atom is 0.0948 e. The molecule has 0 amide bonds. The Bertz CT molecular complexity index is 398. The zero-order valence-corrected chi connectivity index (χ0v) is 13.2. The van der Waals surface area contributed by atoms with Gasteiger partial charge in [0, 0.05) is 31.9 Å². The molecule has 114 valence electrons. The minimum Gasteiger partial charge on any atom is -0.375 e. The Labute approximate surface area is 122 Å². The van der Waals surface area contributed by atoms with E-state index in [-0.39, 0.29) is 5.60 Å². The predicted molar refractivity (Wildman–Crippen MR) is 81.6 cm³/mol. The normalized spacial score (nSPS) is 22.1. The molecule has 0 saturated carbocycles. The lowest BCUT2D eigenvalue weighted by atomic mass is 9.86. The first kappa shape index (κ1) is 15.5. The van der Waals surface area contributed by atoms with Gasteiger partial charge in [0.25, 0.3) is 0 Å². The maximum atomic E-state index is 6.04. The smallest absolute Gasteiger partial charge is 0.0948 e. The van der Waals surface area contributed by atoms with Crippen LogP contribution in [0.3, 0.4) is 0 Å². The highest BCUT2D eigenvalue weighted by molar-refractivity contribution is 4.99. The number of aromatic nitrogens is 2. The van der Waals surface area contributed by atoms with Crippen LogP contribution in [0, 0.1) is 0 Å². The second kappa shape index (κ2) is 7.23. The van der Waals surface area contributed by atoms with E-state index in [0.717, 1.165) is 51.8 Å². The number of nitrogens with zero attached hydrogens (tertiary/aromatic N) is 2. The van der Waals surface area contributed by atoms with E-state index in [4.69, 9.17) is 4.74 Å². The number of hydrogen-bond acceptors (Lipinski definition) is 3. The Kier molecular flexibility index (Phi) is 5.61. The van der Waals surface area contributed by atoms with Crippen LogP contribution in [0.5, 0.6) is 0 Å². The number of nitrogens with one attached hydrogen (secondary N) is 1. The molecule has 0 bridgehead atoms. The van der Waals surface area contributed by atoms with Crippen molar-refractivity contribution in [2.24, 2.45) is 0 Å². The van der Waals surface area contributed by atoms with E-state index >= 15 is 0 Å². The number of ether oxygens (including phenoxy) is 1. The zero-order valence-electron chi connectivity index (χ0n) is 13.2. The molecule has 0 aliphatic carbocycles. The fraction of sp³-hybridized carbons (Fsp3) is 0.812. The Balaban J connectivity index is 1.88. The molecule has 0 aromatic carbocycles. The lowest BCUT2D eigenvalue weighted by molar-refractivity contribution is -0.0932. The molecule has 4 heteroatoms.